The highest BCUT2D eigenvalue weighted by atomic mass is 16.5. The van der Waals surface area contributed by atoms with Gasteiger partial charge < -0.3 is 19.9 Å². The van der Waals surface area contributed by atoms with Gasteiger partial charge in [0.25, 0.3) is 0 Å². The molecule has 2 N–H and O–H groups in total. The Kier molecular flexibility index (Phi) is 9.38. The normalized spacial score (nSPS) is 24.8. The van der Waals surface area contributed by atoms with Crippen molar-refractivity contribution in [2.75, 3.05) is 53.2 Å². The van der Waals surface area contributed by atoms with Gasteiger partial charge in [-0.3, -0.25) is 4.90 Å². The Labute approximate surface area is 117 Å². The van der Waals surface area contributed by atoms with Crippen molar-refractivity contribution >= 4 is 0 Å². The Morgan fingerprint density at radius 1 is 1.05 bits per heavy atom. The molecule has 0 aliphatic carbocycles. The van der Waals surface area contributed by atoms with E-state index in [0.717, 1.165) is 19.7 Å². The third-order valence-electron chi connectivity index (χ3n) is 3.76. The summed E-state index contributed by atoms with van der Waals surface area (Å²) in [6.07, 6.45) is 3.80. The second kappa shape index (κ2) is 10.6. The zero-order valence-corrected chi connectivity index (χ0v) is 12.5. The SMILES string of the molecule is COCCOCCOCCN1C(C)CCCC1CN. The molecule has 114 valence electrons. The van der Waals surface area contributed by atoms with Crippen LogP contribution in [0.5, 0.6) is 0 Å². The van der Waals surface area contributed by atoms with Crippen LogP contribution in [-0.2, 0) is 14.2 Å². The van der Waals surface area contributed by atoms with Gasteiger partial charge in [0.05, 0.1) is 33.0 Å². The van der Waals surface area contributed by atoms with Crippen LogP contribution in [0.25, 0.3) is 0 Å². The molecule has 0 aromatic carbocycles. The van der Waals surface area contributed by atoms with Crippen molar-refractivity contribution in [3.63, 3.8) is 0 Å². The minimum Gasteiger partial charge on any atom is -0.382 e. The van der Waals surface area contributed by atoms with E-state index in [0.29, 0.717) is 38.5 Å². The molecule has 2 atom stereocenters. The standard InChI is InChI=1S/C14H30N2O3/c1-13-4-3-5-14(12-15)16(13)6-7-18-10-11-19-9-8-17-2/h13-14H,3-12,15H2,1-2H3. The van der Waals surface area contributed by atoms with Crippen LogP contribution in [0.4, 0.5) is 0 Å². The molecule has 1 rings (SSSR count). The van der Waals surface area contributed by atoms with Crippen LogP contribution in [0.15, 0.2) is 0 Å². The van der Waals surface area contributed by atoms with E-state index >= 15 is 0 Å². The van der Waals surface area contributed by atoms with Gasteiger partial charge in [0.15, 0.2) is 0 Å². The van der Waals surface area contributed by atoms with E-state index in [9.17, 15) is 0 Å². The highest BCUT2D eigenvalue weighted by Crippen LogP contribution is 2.21. The van der Waals surface area contributed by atoms with Gasteiger partial charge in [-0.25, -0.2) is 0 Å². The Balaban J connectivity index is 2.03. The maximum Gasteiger partial charge on any atom is 0.0701 e. The number of likely N-dealkylation sites (tertiary alicyclic amines) is 1. The van der Waals surface area contributed by atoms with Crippen molar-refractivity contribution < 1.29 is 14.2 Å². The first kappa shape index (κ1) is 16.9. The monoisotopic (exact) mass is 274 g/mol. The molecule has 0 radical (unpaired) electrons. The summed E-state index contributed by atoms with van der Waals surface area (Å²) < 4.78 is 15.9. The smallest absolute Gasteiger partial charge is 0.0701 e. The van der Waals surface area contributed by atoms with E-state index in [2.05, 4.69) is 11.8 Å². The van der Waals surface area contributed by atoms with Gasteiger partial charge in [0.1, 0.15) is 0 Å². The average molecular weight is 274 g/mol. The first-order valence-electron chi connectivity index (χ1n) is 7.39. The average Bonchev–Trinajstić information content (AvgIpc) is 2.43. The fraction of sp³-hybridized carbons (Fsp3) is 1.00. The van der Waals surface area contributed by atoms with Gasteiger partial charge in [-0.05, 0) is 19.8 Å². The minimum absolute atomic E-state index is 0.533. The van der Waals surface area contributed by atoms with Gasteiger partial charge in [-0.15, -0.1) is 0 Å². The number of piperidine rings is 1. The minimum atomic E-state index is 0.533. The first-order valence-corrected chi connectivity index (χ1v) is 7.39. The predicted octanol–water partition coefficient (Wildman–Crippen LogP) is 0.868. The Bertz CT molecular complexity index is 217. The molecule has 1 aliphatic heterocycles. The van der Waals surface area contributed by atoms with Gasteiger partial charge in [-0.1, -0.05) is 6.42 Å². The van der Waals surface area contributed by atoms with E-state index in [1.807, 2.05) is 0 Å². The summed E-state index contributed by atoms with van der Waals surface area (Å²) in [5, 5.41) is 0. The van der Waals surface area contributed by atoms with Crippen LogP contribution in [0.3, 0.4) is 0 Å². The predicted molar refractivity (Wildman–Crippen MR) is 76.4 cm³/mol. The number of ether oxygens (including phenoxy) is 3. The van der Waals surface area contributed by atoms with Crippen molar-refractivity contribution in [3.05, 3.63) is 0 Å². The maximum atomic E-state index is 5.84. The van der Waals surface area contributed by atoms with Crippen molar-refractivity contribution in [1.29, 1.82) is 0 Å². The van der Waals surface area contributed by atoms with Crippen molar-refractivity contribution in [1.82, 2.24) is 4.90 Å². The lowest BCUT2D eigenvalue weighted by molar-refractivity contribution is 0.00703. The third-order valence-corrected chi connectivity index (χ3v) is 3.76. The molecule has 19 heavy (non-hydrogen) atoms. The van der Waals surface area contributed by atoms with Crippen LogP contribution in [0.2, 0.25) is 0 Å². The van der Waals surface area contributed by atoms with E-state index in [4.69, 9.17) is 19.9 Å². The van der Waals surface area contributed by atoms with Crippen LogP contribution in [-0.4, -0.2) is 70.2 Å². The fourth-order valence-electron chi connectivity index (χ4n) is 2.63. The summed E-state index contributed by atoms with van der Waals surface area (Å²) in [5.41, 5.74) is 5.84. The molecule has 2 unspecified atom stereocenters. The molecule has 0 aromatic rings. The van der Waals surface area contributed by atoms with Crippen LogP contribution in [0, 0.1) is 0 Å². The molecule has 0 spiro atoms. The number of nitrogens with two attached hydrogens (primary N) is 1. The summed E-state index contributed by atoms with van der Waals surface area (Å²) in [7, 11) is 1.67. The third kappa shape index (κ3) is 6.68. The summed E-state index contributed by atoms with van der Waals surface area (Å²) in [5.74, 6) is 0. The summed E-state index contributed by atoms with van der Waals surface area (Å²) in [6, 6.07) is 1.16. The molecule has 0 amide bonds. The number of methoxy groups -OCH3 is 1. The molecule has 0 bridgehead atoms. The Hall–Kier alpha value is -0.200. The van der Waals surface area contributed by atoms with Crippen molar-refractivity contribution in [2.24, 2.45) is 5.73 Å². The molecule has 1 heterocycles. The Morgan fingerprint density at radius 3 is 2.42 bits per heavy atom. The number of rotatable bonds is 10. The maximum absolute atomic E-state index is 5.84. The van der Waals surface area contributed by atoms with Crippen molar-refractivity contribution in [3.8, 4) is 0 Å². The van der Waals surface area contributed by atoms with Gasteiger partial charge in [0, 0.05) is 32.3 Å². The molecule has 5 heteroatoms. The Morgan fingerprint density at radius 2 is 1.74 bits per heavy atom. The highest BCUT2D eigenvalue weighted by Gasteiger charge is 2.26. The van der Waals surface area contributed by atoms with Crippen molar-refractivity contribution in [2.45, 2.75) is 38.3 Å². The molecular weight excluding hydrogens is 244 g/mol. The quantitative estimate of drug-likeness (QED) is 0.599. The summed E-state index contributed by atoms with van der Waals surface area (Å²) in [6.45, 7) is 7.34. The van der Waals surface area contributed by atoms with Gasteiger partial charge in [-0.2, -0.15) is 0 Å². The van der Waals surface area contributed by atoms with E-state index < -0.39 is 0 Å². The van der Waals surface area contributed by atoms with Crippen LogP contribution in [0.1, 0.15) is 26.2 Å². The number of hydrogen-bond donors (Lipinski definition) is 1. The van der Waals surface area contributed by atoms with Gasteiger partial charge >= 0.3 is 0 Å². The summed E-state index contributed by atoms with van der Waals surface area (Å²) >= 11 is 0. The zero-order valence-electron chi connectivity index (χ0n) is 12.5. The van der Waals surface area contributed by atoms with Crippen LogP contribution < -0.4 is 5.73 Å². The molecular formula is C14H30N2O3. The lowest BCUT2D eigenvalue weighted by Crippen LogP contribution is -2.50. The first-order chi connectivity index (χ1) is 9.29. The van der Waals surface area contributed by atoms with E-state index in [1.165, 1.54) is 19.3 Å². The lowest BCUT2D eigenvalue weighted by atomic mass is 9.96. The number of nitrogens with zero attached hydrogens (tertiary/aromatic N) is 1. The molecule has 1 aliphatic rings. The number of hydrogen-bond acceptors (Lipinski definition) is 5. The molecule has 1 fully saturated rings. The molecule has 0 saturated carbocycles. The van der Waals surface area contributed by atoms with Gasteiger partial charge in [0.2, 0.25) is 0 Å². The highest BCUT2D eigenvalue weighted by molar-refractivity contribution is 4.82. The second-order valence-electron chi connectivity index (χ2n) is 5.12. The second-order valence-corrected chi connectivity index (χ2v) is 5.12. The molecule has 1 saturated heterocycles. The zero-order chi connectivity index (χ0) is 13.9. The fourth-order valence-corrected chi connectivity index (χ4v) is 2.63. The van der Waals surface area contributed by atoms with Crippen LogP contribution >= 0.6 is 0 Å². The topological polar surface area (TPSA) is 57.0 Å². The lowest BCUT2D eigenvalue weighted by Gasteiger charge is -2.40. The van der Waals surface area contributed by atoms with E-state index in [-0.39, 0.29) is 0 Å². The molecule has 5 nitrogen and oxygen atoms in total. The largest absolute Gasteiger partial charge is 0.382 e. The van der Waals surface area contributed by atoms with E-state index in [1.54, 1.807) is 7.11 Å². The molecule has 0 aromatic heterocycles. The summed E-state index contributed by atoms with van der Waals surface area (Å²) in [4.78, 5) is 2.50.